The largest absolute Gasteiger partial charge is 0.497 e. The molecule has 2 atom stereocenters. The normalized spacial score (nSPS) is 22.8. The average Bonchev–Trinajstić information content (AvgIpc) is 2.53. The number of morpholine rings is 1. The molecule has 0 aliphatic carbocycles. The van der Waals surface area contributed by atoms with Crippen LogP contribution in [0.25, 0.3) is 0 Å². The topological polar surface area (TPSA) is 47.7 Å². The first kappa shape index (κ1) is 16.3. The lowest BCUT2D eigenvalue weighted by Gasteiger charge is -2.46. The van der Waals surface area contributed by atoms with Crippen LogP contribution in [0, 0.1) is 0 Å². The Morgan fingerprint density at radius 2 is 2.10 bits per heavy atom. The Labute approximate surface area is 128 Å². The highest BCUT2D eigenvalue weighted by atomic mass is 16.5. The molecule has 2 N–H and O–H groups in total. The van der Waals surface area contributed by atoms with Crippen molar-refractivity contribution in [2.45, 2.75) is 38.3 Å². The minimum absolute atomic E-state index is 0.0309. The first-order valence-electron chi connectivity index (χ1n) is 7.76. The molecule has 0 spiro atoms. The fourth-order valence-corrected chi connectivity index (χ4v) is 3.10. The van der Waals surface area contributed by atoms with Crippen LogP contribution in [0.3, 0.4) is 0 Å². The van der Waals surface area contributed by atoms with Crippen LogP contribution in [0.5, 0.6) is 5.75 Å². The summed E-state index contributed by atoms with van der Waals surface area (Å²) >= 11 is 0. The van der Waals surface area contributed by atoms with Crippen LogP contribution in [0.1, 0.15) is 25.8 Å². The molecular formula is C17H28N2O2. The van der Waals surface area contributed by atoms with Crippen molar-refractivity contribution in [3.05, 3.63) is 29.8 Å². The summed E-state index contributed by atoms with van der Waals surface area (Å²) in [5, 5.41) is 0. The van der Waals surface area contributed by atoms with E-state index in [2.05, 4.69) is 30.9 Å². The van der Waals surface area contributed by atoms with E-state index < -0.39 is 0 Å². The molecule has 4 heteroatoms. The van der Waals surface area contributed by atoms with Crippen molar-refractivity contribution in [2.75, 3.05) is 33.4 Å². The number of methoxy groups -OCH3 is 1. The number of benzene rings is 1. The molecule has 1 aliphatic rings. The van der Waals surface area contributed by atoms with Crippen molar-refractivity contribution in [3.63, 3.8) is 0 Å². The summed E-state index contributed by atoms with van der Waals surface area (Å²) in [6.07, 6.45) is 2.09. The van der Waals surface area contributed by atoms with Gasteiger partial charge in [-0.15, -0.1) is 0 Å². The van der Waals surface area contributed by atoms with Gasteiger partial charge in [0.25, 0.3) is 0 Å². The smallest absolute Gasteiger partial charge is 0.118 e. The molecule has 0 radical (unpaired) electrons. The maximum Gasteiger partial charge on any atom is 0.118 e. The second-order valence-electron chi connectivity index (χ2n) is 6.17. The van der Waals surface area contributed by atoms with E-state index >= 15 is 0 Å². The van der Waals surface area contributed by atoms with Crippen molar-refractivity contribution < 1.29 is 9.47 Å². The Morgan fingerprint density at radius 1 is 1.38 bits per heavy atom. The molecule has 2 rings (SSSR count). The fourth-order valence-electron chi connectivity index (χ4n) is 3.10. The number of hydrogen-bond acceptors (Lipinski definition) is 4. The van der Waals surface area contributed by atoms with Crippen molar-refractivity contribution in [2.24, 2.45) is 5.73 Å². The van der Waals surface area contributed by atoms with Crippen LogP contribution in [0.15, 0.2) is 24.3 Å². The highest BCUT2D eigenvalue weighted by Crippen LogP contribution is 2.25. The molecule has 1 aromatic rings. The molecule has 1 heterocycles. The summed E-state index contributed by atoms with van der Waals surface area (Å²) in [7, 11) is 1.69. The number of hydrogen-bond donors (Lipinski definition) is 1. The van der Waals surface area contributed by atoms with Gasteiger partial charge in [-0.1, -0.05) is 12.1 Å². The summed E-state index contributed by atoms with van der Waals surface area (Å²) in [4.78, 5) is 2.51. The van der Waals surface area contributed by atoms with Gasteiger partial charge in [0.2, 0.25) is 0 Å². The number of nitrogens with two attached hydrogens (primary N) is 1. The van der Waals surface area contributed by atoms with E-state index in [9.17, 15) is 0 Å². The maximum atomic E-state index is 6.11. The van der Waals surface area contributed by atoms with E-state index in [0.717, 1.165) is 38.3 Å². The van der Waals surface area contributed by atoms with Crippen LogP contribution in [0.4, 0.5) is 0 Å². The average molecular weight is 292 g/mol. The maximum absolute atomic E-state index is 6.11. The number of ether oxygens (including phenoxy) is 2. The first-order valence-corrected chi connectivity index (χ1v) is 7.76. The van der Waals surface area contributed by atoms with E-state index in [4.69, 9.17) is 15.2 Å². The Balaban J connectivity index is 1.99. The first-order chi connectivity index (χ1) is 10.1. The van der Waals surface area contributed by atoms with Crippen LogP contribution < -0.4 is 10.5 Å². The minimum atomic E-state index is 0.0309. The molecule has 2 unspecified atom stereocenters. The monoisotopic (exact) mass is 292 g/mol. The highest BCUT2D eigenvalue weighted by molar-refractivity contribution is 5.27. The Kier molecular flexibility index (Phi) is 5.62. The van der Waals surface area contributed by atoms with E-state index in [1.54, 1.807) is 7.11 Å². The van der Waals surface area contributed by atoms with Gasteiger partial charge in [-0.25, -0.2) is 0 Å². The van der Waals surface area contributed by atoms with Gasteiger partial charge in [-0.3, -0.25) is 4.90 Å². The van der Waals surface area contributed by atoms with Crippen molar-refractivity contribution in [3.8, 4) is 5.75 Å². The number of aryl methyl sites for hydroxylation is 1. The quantitative estimate of drug-likeness (QED) is 0.872. The zero-order valence-electron chi connectivity index (χ0n) is 13.5. The second kappa shape index (κ2) is 7.25. The summed E-state index contributed by atoms with van der Waals surface area (Å²) in [6.45, 7) is 7.75. The van der Waals surface area contributed by atoms with E-state index in [1.165, 1.54) is 5.56 Å². The fraction of sp³-hybridized carbons (Fsp3) is 0.647. The van der Waals surface area contributed by atoms with Gasteiger partial charge in [0, 0.05) is 24.7 Å². The predicted octanol–water partition coefficient (Wildman–Crippen LogP) is 2.07. The molecule has 21 heavy (non-hydrogen) atoms. The number of rotatable bonds is 6. The molecule has 1 aromatic carbocycles. The standard InChI is InChI=1S/C17H28N2O2/c1-14-12-21-11-10-19(14)17(2,13-18)9-8-15-4-6-16(20-3)7-5-15/h4-7,14H,8-13,18H2,1-3H3. The van der Waals surface area contributed by atoms with Gasteiger partial charge in [0.15, 0.2) is 0 Å². The molecule has 0 saturated carbocycles. The highest BCUT2D eigenvalue weighted by Gasteiger charge is 2.35. The zero-order valence-corrected chi connectivity index (χ0v) is 13.5. The van der Waals surface area contributed by atoms with Gasteiger partial charge in [0.1, 0.15) is 5.75 Å². The number of nitrogens with zero attached hydrogens (tertiary/aromatic N) is 1. The third-order valence-corrected chi connectivity index (χ3v) is 4.61. The van der Waals surface area contributed by atoms with Gasteiger partial charge < -0.3 is 15.2 Å². The van der Waals surface area contributed by atoms with Crippen LogP contribution in [0.2, 0.25) is 0 Å². The SMILES string of the molecule is COc1ccc(CCC(C)(CN)N2CCOCC2C)cc1. The van der Waals surface area contributed by atoms with Gasteiger partial charge >= 0.3 is 0 Å². The van der Waals surface area contributed by atoms with E-state index in [-0.39, 0.29) is 5.54 Å². The molecule has 0 amide bonds. The lowest BCUT2D eigenvalue weighted by molar-refractivity contribution is -0.0531. The molecule has 118 valence electrons. The van der Waals surface area contributed by atoms with Crippen molar-refractivity contribution in [1.29, 1.82) is 0 Å². The van der Waals surface area contributed by atoms with Gasteiger partial charge in [0.05, 0.1) is 20.3 Å². The zero-order chi connectivity index (χ0) is 15.3. The molecule has 1 fully saturated rings. The molecule has 4 nitrogen and oxygen atoms in total. The van der Waals surface area contributed by atoms with Crippen molar-refractivity contribution >= 4 is 0 Å². The van der Waals surface area contributed by atoms with Gasteiger partial charge in [-0.2, -0.15) is 0 Å². The van der Waals surface area contributed by atoms with Crippen LogP contribution in [-0.2, 0) is 11.2 Å². The van der Waals surface area contributed by atoms with Crippen LogP contribution >= 0.6 is 0 Å². The summed E-state index contributed by atoms with van der Waals surface area (Å²) < 4.78 is 10.7. The minimum Gasteiger partial charge on any atom is -0.497 e. The molecule has 0 bridgehead atoms. The lowest BCUT2D eigenvalue weighted by Crippen LogP contribution is -2.59. The molecular weight excluding hydrogens is 264 g/mol. The van der Waals surface area contributed by atoms with Crippen LogP contribution in [-0.4, -0.2) is 49.9 Å². The molecule has 1 aliphatic heterocycles. The van der Waals surface area contributed by atoms with Crippen molar-refractivity contribution in [1.82, 2.24) is 4.90 Å². The lowest BCUT2D eigenvalue weighted by atomic mass is 9.89. The van der Waals surface area contributed by atoms with E-state index in [1.807, 2.05) is 12.1 Å². The third kappa shape index (κ3) is 3.96. The second-order valence-corrected chi connectivity index (χ2v) is 6.17. The molecule has 1 saturated heterocycles. The summed E-state index contributed by atoms with van der Waals surface area (Å²) in [6, 6.07) is 8.75. The Morgan fingerprint density at radius 3 is 2.67 bits per heavy atom. The predicted molar refractivity (Wildman–Crippen MR) is 85.8 cm³/mol. The summed E-state index contributed by atoms with van der Waals surface area (Å²) in [5.74, 6) is 0.905. The molecule has 0 aromatic heterocycles. The Hall–Kier alpha value is -1.10. The van der Waals surface area contributed by atoms with Gasteiger partial charge in [-0.05, 0) is 44.4 Å². The third-order valence-electron chi connectivity index (χ3n) is 4.61. The summed E-state index contributed by atoms with van der Waals surface area (Å²) in [5.41, 5.74) is 7.47. The van der Waals surface area contributed by atoms with E-state index in [0.29, 0.717) is 12.6 Å². The Bertz CT molecular complexity index is 435.